The lowest BCUT2D eigenvalue weighted by atomic mass is 10.1. The normalized spacial score (nSPS) is 20.0. The third kappa shape index (κ3) is 3.76. The number of hydrogen-bond donors (Lipinski definition) is 1. The third-order valence-corrected chi connectivity index (χ3v) is 5.01. The molecule has 0 bridgehead atoms. The number of likely N-dealkylation sites (tertiary alicyclic amines) is 2. The summed E-state index contributed by atoms with van der Waals surface area (Å²) in [6.45, 7) is 2.88. The highest BCUT2D eigenvalue weighted by Crippen LogP contribution is 2.21. The van der Waals surface area contributed by atoms with E-state index < -0.39 is 11.8 Å². The van der Waals surface area contributed by atoms with E-state index >= 15 is 0 Å². The molecule has 2 heterocycles. The Hall–Kier alpha value is -2.70. The average Bonchev–Trinajstić information content (AvgIpc) is 3.24. The molecule has 0 spiro atoms. The van der Waals surface area contributed by atoms with Crippen LogP contribution in [0.3, 0.4) is 0 Å². The van der Waals surface area contributed by atoms with E-state index in [0.29, 0.717) is 12.2 Å². The zero-order valence-electron chi connectivity index (χ0n) is 14.9. The maximum absolute atomic E-state index is 12.3. The van der Waals surface area contributed by atoms with Gasteiger partial charge >= 0.3 is 11.8 Å². The van der Waals surface area contributed by atoms with Crippen molar-refractivity contribution < 1.29 is 19.2 Å². The van der Waals surface area contributed by atoms with Gasteiger partial charge in [0.05, 0.1) is 6.54 Å². The molecule has 4 amide bonds. The predicted octanol–water partition coefficient (Wildman–Crippen LogP) is 1.68. The molecule has 2 saturated heterocycles. The van der Waals surface area contributed by atoms with Gasteiger partial charge in [-0.3, -0.25) is 24.1 Å². The van der Waals surface area contributed by atoms with E-state index in [0.717, 1.165) is 24.8 Å². The fraction of sp³-hybridized carbons (Fsp3) is 0.474. The molecule has 1 aromatic carbocycles. The van der Waals surface area contributed by atoms with Crippen LogP contribution in [0.4, 0.5) is 5.69 Å². The lowest BCUT2D eigenvalue weighted by molar-refractivity contribution is -0.143. The summed E-state index contributed by atoms with van der Waals surface area (Å²) in [7, 11) is 0. The molecule has 2 fully saturated rings. The topological polar surface area (TPSA) is 86.8 Å². The molecule has 7 heteroatoms. The minimum atomic E-state index is -0.636. The predicted molar refractivity (Wildman–Crippen MR) is 94.9 cm³/mol. The van der Waals surface area contributed by atoms with Gasteiger partial charge < -0.3 is 10.2 Å². The van der Waals surface area contributed by atoms with E-state index in [1.54, 1.807) is 29.2 Å². The Morgan fingerprint density at radius 1 is 1.12 bits per heavy atom. The van der Waals surface area contributed by atoms with Crippen molar-refractivity contribution in [2.75, 3.05) is 11.9 Å². The molecule has 1 aromatic rings. The second-order valence-electron chi connectivity index (χ2n) is 6.73. The molecular formula is C19H23N3O4. The van der Waals surface area contributed by atoms with Gasteiger partial charge in [0.25, 0.3) is 0 Å². The average molecular weight is 357 g/mol. The Kier molecular flexibility index (Phi) is 5.35. The van der Waals surface area contributed by atoms with Gasteiger partial charge in [-0.05, 0) is 37.0 Å². The van der Waals surface area contributed by atoms with Crippen LogP contribution in [0.15, 0.2) is 24.3 Å². The first-order valence-electron chi connectivity index (χ1n) is 9.03. The van der Waals surface area contributed by atoms with Crippen LogP contribution in [-0.2, 0) is 25.7 Å². The smallest absolute Gasteiger partial charge is 0.313 e. The van der Waals surface area contributed by atoms with Crippen LogP contribution in [-0.4, -0.2) is 46.0 Å². The summed E-state index contributed by atoms with van der Waals surface area (Å²) in [5, 5.41) is 2.62. The highest BCUT2D eigenvalue weighted by molar-refractivity contribution is 6.39. The standard InChI is InChI=1S/C19H23N3O4/c1-2-15-4-3-11-21(15)19(26)18(25)20-14-7-5-13(6-8-14)12-22-16(23)9-10-17(22)24/h5-8,15H,2-4,9-12H2,1H3,(H,20,25)/t15-/m1/s1. The molecule has 26 heavy (non-hydrogen) atoms. The highest BCUT2D eigenvalue weighted by Gasteiger charge is 2.31. The van der Waals surface area contributed by atoms with Gasteiger partial charge in [-0.1, -0.05) is 19.1 Å². The Labute approximate surface area is 152 Å². The summed E-state index contributed by atoms with van der Waals surface area (Å²) in [6.07, 6.45) is 3.26. The van der Waals surface area contributed by atoms with Gasteiger partial charge in [0, 0.05) is 31.1 Å². The van der Waals surface area contributed by atoms with Gasteiger partial charge in [0.2, 0.25) is 11.8 Å². The van der Waals surface area contributed by atoms with Gasteiger partial charge in [-0.25, -0.2) is 0 Å². The number of nitrogens with zero attached hydrogens (tertiary/aromatic N) is 2. The molecule has 2 aliphatic rings. The Balaban J connectivity index is 1.58. The number of amides is 4. The Bertz CT molecular complexity index is 713. The van der Waals surface area contributed by atoms with Gasteiger partial charge in [-0.2, -0.15) is 0 Å². The third-order valence-electron chi connectivity index (χ3n) is 5.01. The second-order valence-corrected chi connectivity index (χ2v) is 6.73. The first-order valence-corrected chi connectivity index (χ1v) is 9.03. The molecule has 138 valence electrons. The fourth-order valence-corrected chi connectivity index (χ4v) is 3.52. The van der Waals surface area contributed by atoms with Crippen molar-refractivity contribution >= 4 is 29.3 Å². The largest absolute Gasteiger partial charge is 0.331 e. The zero-order chi connectivity index (χ0) is 18.7. The van der Waals surface area contributed by atoms with Crippen LogP contribution >= 0.6 is 0 Å². The summed E-state index contributed by atoms with van der Waals surface area (Å²) < 4.78 is 0. The summed E-state index contributed by atoms with van der Waals surface area (Å²) >= 11 is 0. The number of hydrogen-bond acceptors (Lipinski definition) is 4. The Morgan fingerprint density at radius 3 is 2.38 bits per heavy atom. The number of nitrogens with one attached hydrogen (secondary N) is 1. The summed E-state index contributed by atoms with van der Waals surface area (Å²) in [5.74, 6) is -1.45. The zero-order valence-corrected chi connectivity index (χ0v) is 14.9. The number of anilines is 1. The van der Waals surface area contributed by atoms with Crippen LogP contribution in [0.5, 0.6) is 0 Å². The van der Waals surface area contributed by atoms with Gasteiger partial charge in [-0.15, -0.1) is 0 Å². The lowest BCUT2D eigenvalue weighted by Gasteiger charge is -2.22. The molecule has 1 atom stereocenters. The molecule has 0 aromatic heterocycles. The molecule has 1 N–H and O–H groups in total. The number of carbonyl (C=O) groups excluding carboxylic acids is 4. The van der Waals surface area contributed by atoms with E-state index in [-0.39, 0.29) is 37.2 Å². The molecule has 0 aliphatic carbocycles. The van der Waals surface area contributed by atoms with Crippen molar-refractivity contribution in [3.8, 4) is 0 Å². The van der Waals surface area contributed by atoms with Crippen molar-refractivity contribution in [1.29, 1.82) is 0 Å². The SMILES string of the molecule is CC[C@@H]1CCCN1C(=O)C(=O)Nc1ccc(CN2C(=O)CCC2=O)cc1. The first kappa shape index (κ1) is 18.1. The Morgan fingerprint density at radius 2 is 1.77 bits per heavy atom. The van der Waals surface area contributed by atoms with Crippen LogP contribution < -0.4 is 5.32 Å². The molecule has 0 radical (unpaired) electrons. The summed E-state index contributed by atoms with van der Waals surface area (Å²) in [6, 6.07) is 6.97. The van der Waals surface area contributed by atoms with Crippen molar-refractivity contribution in [3.63, 3.8) is 0 Å². The number of benzene rings is 1. The van der Waals surface area contributed by atoms with Crippen LogP contribution in [0.2, 0.25) is 0 Å². The molecule has 7 nitrogen and oxygen atoms in total. The summed E-state index contributed by atoms with van der Waals surface area (Å²) in [4.78, 5) is 50.7. The van der Waals surface area contributed by atoms with Crippen LogP contribution in [0.25, 0.3) is 0 Å². The quantitative estimate of drug-likeness (QED) is 0.656. The second kappa shape index (κ2) is 7.68. The van der Waals surface area contributed by atoms with E-state index in [2.05, 4.69) is 5.32 Å². The van der Waals surface area contributed by atoms with Crippen molar-refractivity contribution in [2.45, 2.75) is 51.6 Å². The minimum absolute atomic E-state index is 0.145. The van der Waals surface area contributed by atoms with E-state index in [4.69, 9.17) is 0 Å². The van der Waals surface area contributed by atoms with Crippen LogP contribution in [0.1, 0.15) is 44.6 Å². The number of imide groups is 1. The maximum Gasteiger partial charge on any atom is 0.313 e. The van der Waals surface area contributed by atoms with Crippen molar-refractivity contribution in [2.24, 2.45) is 0 Å². The van der Waals surface area contributed by atoms with E-state index in [1.807, 2.05) is 6.92 Å². The molecule has 0 saturated carbocycles. The van der Waals surface area contributed by atoms with Crippen molar-refractivity contribution in [3.05, 3.63) is 29.8 Å². The molecular weight excluding hydrogens is 334 g/mol. The van der Waals surface area contributed by atoms with E-state index in [9.17, 15) is 19.2 Å². The van der Waals surface area contributed by atoms with E-state index in [1.165, 1.54) is 4.90 Å². The fourth-order valence-electron chi connectivity index (χ4n) is 3.52. The van der Waals surface area contributed by atoms with Crippen LogP contribution in [0, 0.1) is 0 Å². The number of rotatable bonds is 4. The number of carbonyl (C=O) groups is 4. The molecule has 0 unspecified atom stereocenters. The first-order chi connectivity index (χ1) is 12.5. The van der Waals surface area contributed by atoms with Crippen molar-refractivity contribution in [1.82, 2.24) is 9.80 Å². The van der Waals surface area contributed by atoms with Gasteiger partial charge in [0.15, 0.2) is 0 Å². The minimum Gasteiger partial charge on any atom is -0.331 e. The maximum atomic E-state index is 12.3. The summed E-state index contributed by atoms with van der Waals surface area (Å²) in [5.41, 5.74) is 1.31. The lowest BCUT2D eigenvalue weighted by Crippen LogP contribution is -2.42. The highest BCUT2D eigenvalue weighted by atomic mass is 16.2. The van der Waals surface area contributed by atoms with Gasteiger partial charge in [0.1, 0.15) is 0 Å². The molecule has 3 rings (SSSR count). The monoisotopic (exact) mass is 357 g/mol. The molecule has 2 aliphatic heterocycles.